The Balaban J connectivity index is 1.82. The summed E-state index contributed by atoms with van der Waals surface area (Å²) >= 11 is 6.71. The number of rotatable bonds is 6. The molecule has 0 bridgehead atoms. The van der Waals surface area contributed by atoms with Gasteiger partial charge >= 0.3 is 0 Å². The molecule has 3 heteroatoms. The number of nitrogens with one attached hydrogen (secondary N) is 1. The first-order chi connectivity index (χ1) is 12.1. The summed E-state index contributed by atoms with van der Waals surface area (Å²) in [5.41, 5.74) is 2.90. The van der Waals surface area contributed by atoms with Crippen molar-refractivity contribution in [2.24, 2.45) is 0 Å². The molecule has 0 radical (unpaired) electrons. The van der Waals surface area contributed by atoms with Gasteiger partial charge in [0.15, 0.2) is 5.78 Å². The van der Waals surface area contributed by atoms with Crippen molar-refractivity contribution in [3.05, 3.63) is 71.3 Å². The number of hydrogen-bond acceptors (Lipinski definition) is 2. The van der Waals surface area contributed by atoms with Crippen molar-refractivity contribution in [3.63, 3.8) is 0 Å². The number of carbonyl (C=O) groups excluding carboxylic acids is 1. The number of Topliss-reactive ketones (excluding diaryl/α,β-unsaturated/α-hetero) is 1. The van der Waals surface area contributed by atoms with E-state index in [2.05, 4.69) is 17.4 Å². The van der Waals surface area contributed by atoms with Crippen molar-refractivity contribution in [2.75, 3.05) is 0 Å². The molecule has 25 heavy (non-hydrogen) atoms. The van der Waals surface area contributed by atoms with E-state index in [4.69, 9.17) is 11.6 Å². The Labute approximate surface area is 155 Å². The van der Waals surface area contributed by atoms with Crippen LogP contribution in [0.2, 0.25) is 0 Å². The molecule has 0 aliphatic heterocycles. The van der Waals surface area contributed by atoms with Crippen molar-refractivity contribution >= 4 is 17.4 Å². The van der Waals surface area contributed by atoms with Gasteiger partial charge in [0.1, 0.15) is 5.38 Å². The molecule has 1 aliphatic carbocycles. The predicted octanol–water partition coefficient (Wildman–Crippen LogP) is 5.45. The number of halogens is 1. The number of aryl methyl sites for hydroxylation is 1. The summed E-state index contributed by atoms with van der Waals surface area (Å²) in [6.45, 7) is 2.02. The molecule has 2 atom stereocenters. The number of alkyl halides is 1. The van der Waals surface area contributed by atoms with E-state index in [0.717, 1.165) is 24.0 Å². The summed E-state index contributed by atoms with van der Waals surface area (Å²) in [5, 5.41) is 3.06. The first-order valence-corrected chi connectivity index (χ1v) is 9.65. The van der Waals surface area contributed by atoms with Gasteiger partial charge in [-0.2, -0.15) is 0 Å². The first kappa shape index (κ1) is 18.2. The standard InChI is InChI=1S/C22H26ClNO/c1-16-12-14-18(15-13-16)22(25)20(23)21(17-8-4-2-5-9-17)24-19-10-6-3-7-11-19/h2,4-5,8-9,12-15,19-21,24H,3,6-7,10-11H2,1H3/t20-,21+/m1/s1. The zero-order valence-electron chi connectivity index (χ0n) is 14.7. The summed E-state index contributed by atoms with van der Waals surface area (Å²) in [6, 6.07) is 18.0. The van der Waals surface area contributed by atoms with Crippen LogP contribution in [0.1, 0.15) is 59.6 Å². The fourth-order valence-corrected chi connectivity index (χ4v) is 3.91. The highest BCUT2D eigenvalue weighted by atomic mass is 35.5. The number of ketones is 1. The molecule has 0 amide bonds. The Hall–Kier alpha value is -1.64. The van der Waals surface area contributed by atoms with Gasteiger partial charge < -0.3 is 5.32 Å². The highest BCUT2D eigenvalue weighted by Crippen LogP contribution is 2.28. The van der Waals surface area contributed by atoms with Gasteiger partial charge in [-0.3, -0.25) is 4.79 Å². The van der Waals surface area contributed by atoms with Crippen LogP contribution < -0.4 is 5.32 Å². The third-order valence-electron chi connectivity index (χ3n) is 5.06. The molecule has 0 unspecified atom stereocenters. The van der Waals surface area contributed by atoms with Gasteiger partial charge in [0, 0.05) is 11.6 Å². The summed E-state index contributed by atoms with van der Waals surface area (Å²) in [4.78, 5) is 12.9. The van der Waals surface area contributed by atoms with Crippen LogP contribution in [0.3, 0.4) is 0 Å². The molecule has 0 spiro atoms. The van der Waals surface area contributed by atoms with Crippen LogP contribution >= 0.6 is 11.6 Å². The van der Waals surface area contributed by atoms with Gasteiger partial charge in [0.05, 0.1) is 6.04 Å². The molecule has 1 N–H and O–H groups in total. The lowest BCUT2D eigenvalue weighted by atomic mass is 9.91. The minimum Gasteiger partial charge on any atom is -0.306 e. The average Bonchev–Trinajstić information content (AvgIpc) is 2.67. The van der Waals surface area contributed by atoms with Gasteiger partial charge in [0.25, 0.3) is 0 Å². The lowest BCUT2D eigenvalue weighted by Crippen LogP contribution is -2.41. The second kappa shape index (κ2) is 8.64. The van der Waals surface area contributed by atoms with Crippen LogP contribution in [0, 0.1) is 6.92 Å². The molecule has 1 saturated carbocycles. The van der Waals surface area contributed by atoms with Gasteiger partial charge in [-0.1, -0.05) is 79.4 Å². The summed E-state index contributed by atoms with van der Waals surface area (Å²) in [6.07, 6.45) is 6.12. The number of benzene rings is 2. The van der Waals surface area contributed by atoms with Crippen molar-refractivity contribution in [1.82, 2.24) is 5.32 Å². The molecule has 0 heterocycles. The third-order valence-corrected chi connectivity index (χ3v) is 5.51. The van der Waals surface area contributed by atoms with Crippen LogP contribution in [0.25, 0.3) is 0 Å². The molecule has 2 aromatic rings. The Morgan fingerprint density at radius 1 is 1.00 bits per heavy atom. The monoisotopic (exact) mass is 355 g/mol. The van der Waals surface area contributed by atoms with Crippen molar-refractivity contribution in [3.8, 4) is 0 Å². The van der Waals surface area contributed by atoms with E-state index in [-0.39, 0.29) is 11.8 Å². The van der Waals surface area contributed by atoms with Crippen LogP contribution in [0.15, 0.2) is 54.6 Å². The summed E-state index contributed by atoms with van der Waals surface area (Å²) < 4.78 is 0. The van der Waals surface area contributed by atoms with E-state index in [1.54, 1.807) is 0 Å². The topological polar surface area (TPSA) is 29.1 Å². The molecule has 0 aromatic heterocycles. The minimum atomic E-state index is -0.618. The van der Waals surface area contributed by atoms with Crippen LogP contribution in [-0.4, -0.2) is 17.2 Å². The SMILES string of the molecule is Cc1ccc(C(=O)[C@H](Cl)[C@@H](NC2CCCCC2)c2ccccc2)cc1. The van der Waals surface area contributed by atoms with E-state index in [9.17, 15) is 4.79 Å². The lowest BCUT2D eigenvalue weighted by molar-refractivity contribution is 0.0970. The van der Waals surface area contributed by atoms with E-state index >= 15 is 0 Å². The second-order valence-electron chi connectivity index (χ2n) is 7.02. The Morgan fingerprint density at radius 3 is 2.28 bits per heavy atom. The smallest absolute Gasteiger partial charge is 0.182 e. The number of hydrogen-bond donors (Lipinski definition) is 1. The van der Waals surface area contributed by atoms with Gasteiger partial charge in [0.2, 0.25) is 0 Å². The molecule has 2 nitrogen and oxygen atoms in total. The van der Waals surface area contributed by atoms with Crippen LogP contribution in [-0.2, 0) is 0 Å². The molecule has 132 valence electrons. The van der Waals surface area contributed by atoms with Gasteiger partial charge in [-0.25, -0.2) is 0 Å². The van der Waals surface area contributed by atoms with Gasteiger partial charge in [-0.05, 0) is 25.3 Å². The van der Waals surface area contributed by atoms with Crippen molar-refractivity contribution < 1.29 is 4.79 Å². The average molecular weight is 356 g/mol. The van der Waals surface area contributed by atoms with E-state index in [1.807, 2.05) is 49.4 Å². The Kier molecular flexibility index (Phi) is 6.28. The Morgan fingerprint density at radius 2 is 1.64 bits per heavy atom. The zero-order chi connectivity index (χ0) is 17.6. The lowest BCUT2D eigenvalue weighted by Gasteiger charge is -2.31. The Bertz CT molecular complexity index is 677. The van der Waals surface area contributed by atoms with E-state index in [1.165, 1.54) is 19.3 Å². The molecule has 1 fully saturated rings. The van der Waals surface area contributed by atoms with E-state index in [0.29, 0.717) is 11.6 Å². The summed E-state index contributed by atoms with van der Waals surface area (Å²) in [5.74, 6) is -0.0150. The molecule has 3 rings (SSSR count). The fraction of sp³-hybridized carbons (Fsp3) is 0.409. The number of carbonyl (C=O) groups is 1. The maximum atomic E-state index is 12.9. The normalized spacial score (nSPS) is 17.8. The van der Waals surface area contributed by atoms with Gasteiger partial charge in [-0.15, -0.1) is 11.6 Å². The highest BCUT2D eigenvalue weighted by Gasteiger charge is 2.30. The van der Waals surface area contributed by atoms with Crippen LogP contribution in [0.4, 0.5) is 0 Å². The molecular formula is C22H26ClNO. The molecular weight excluding hydrogens is 330 g/mol. The van der Waals surface area contributed by atoms with E-state index < -0.39 is 5.38 Å². The maximum absolute atomic E-state index is 12.9. The first-order valence-electron chi connectivity index (χ1n) is 9.21. The summed E-state index contributed by atoms with van der Waals surface area (Å²) in [7, 11) is 0. The maximum Gasteiger partial charge on any atom is 0.182 e. The zero-order valence-corrected chi connectivity index (χ0v) is 15.5. The fourth-order valence-electron chi connectivity index (χ4n) is 3.56. The highest BCUT2D eigenvalue weighted by molar-refractivity contribution is 6.34. The van der Waals surface area contributed by atoms with Crippen molar-refractivity contribution in [2.45, 2.75) is 56.5 Å². The molecule has 2 aromatic carbocycles. The third kappa shape index (κ3) is 4.71. The molecule has 0 saturated heterocycles. The van der Waals surface area contributed by atoms with Crippen LogP contribution in [0.5, 0.6) is 0 Å². The van der Waals surface area contributed by atoms with Crippen molar-refractivity contribution in [1.29, 1.82) is 0 Å². The quantitative estimate of drug-likeness (QED) is 0.551. The minimum absolute atomic E-state index is 0.0150. The largest absolute Gasteiger partial charge is 0.306 e. The molecule has 1 aliphatic rings. The predicted molar refractivity (Wildman–Crippen MR) is 104 cm³/mol. The second-order valence-corrected chi connectivity index (χ2v) is 7.49.